The van der Waals surface area contributed by atoms with Crippen LogP contribution in [0.4, 0.5) is 0 Å². The smallest absolute Gasteiger partial charge is 0.245 e. The van der Waals surface area contributed by atoms with Crippen LogP contribution in [-0.4, -0.2) is 67.5 Å². The number of hydrogen-bond donors (Lipinski definition) is 3. The molecule has 182 valence electrons. The summed E-state index contributed by atoms with van der Waals surface area (Å²) in [4.78, 5) is 39.3. The fraction of sp³-hybridized carbons (Fsp3) is 0.320. The summed E-state index contributed by atoms with van der Waals surface area (Å²) in [5.41, 5.74) is 9.17. The lowest BCUT2D eigenvalue weighted by Crippen LogP contribution is -2.53. The molecule has 4 rings (SSSR count). The van der Waals surface area contributed by atoms with Gasteiger partial charge in [-0.1, -0.05) is 59.8 Å². The number of nitrogens with two attached hydrogens (primary N) is 1. The number of carbonyl (C=O) groups is 3. The number of aliphatic hydroxyl groups is 1. The van der Waals surface area contributed by atoms with Crippen LogP contribution in [0.25, 0.3) is 11.1 Å². The predicted octanol–water partition coefficient (Wildman–Crippen LogP) is 0.428. The van der Waals surface area contributed by atoms with Crippen LogP contribution in [0.5, 0.6) is 0 Å². The largest absolute Gasteiger partial charge is 0.391 e. The zero-order chi connectivity index (χ0) is 24.9. The van der Waals surface area contributed by atoms with Crippen molar-refractivity contribution in [3.05, 3.63) is 72.1 Å². The molecule has 4 N–H and O–H groups in total. The van der Waals surface area contributed by atoms with E-state index in [4.69, 9.17) is 5.73 Å². The van der Waals surface area contributed by atoms with E-state index in [2.05, 4.69) is 15.6 Å². The number of hydrogen-bond acceptors (Lipinski definition) is 6. The van der Waals surface area contributed by atoms with Crippen molar-refractivity contribution in [1.29, 1.82) is 0 Å². The van der Waals surface area contributed by atoms with Crippen molar-refractivity contribution in [2.75, 3.05) is 6.54 Å². The van der Waals surface area contributed by atoms with Crippen molar-refractivity contribution in [2.24, 2.45) is 5.73 Å². The van der Waals surface area contributed by atoms with Gasteiger partial charge in [0.15, 0.2) is 0 Å². The zero-order valence-corrected chi connectivity index (χ0v) is 19.4. The summed E-state index contributed by atoms with van der Waals surface area (Å²) < 4.78 is 1.38. The van der Waals surface area contributed by atoms with Crippen molar-refractivity contribution < 1.29 is 19.5 Å². The Morgan fingerprint density at radius 2 is 1.80 bits per heavy atom. The van der Waals surface area contributed by atoms with Gasteiger partial charge in [0.1, 0.15) is 18.6 Å². The number of primary amides is 1. The first-order chi connectivity index (χ1) is 16.8. The molecule has 0 unspecified atom stereocenters. The molecule has 3 aromatic rings. The summed E-state index contributed by atoms with van der Waals surface area (Å²) in [6.45, 7) is 1.67. The van der Waals surface area contributed by atoms with E-state index in [1.807, 2.05) is 54.6 Å². The molecule has 10 nitrogen and oxygen atoms in total. The molecular formula is C25H28N6O4. The van der Waals surface area contributed by atoms with Crippen LogP contribution in [0.1, 0.15) is 17.7 Å². The van der Waals surface area contributed by atoms with E-state index in [1.165, 1.54) is 9.58 Å². The molecule has 0 saturated carbocycles. The van der Waals surface area contributed by atoms with E-state index >= 15 is 0 Å². The van der Waals surface area contributed by atoms with Gasteiger partial charge in [0, 0.05) is 25.6 Å². The predicted molar refractivity (Wildman–Crippen MR) is 128 cm³/mol. The van der Waals surface area contributed by atoms with Crippen LogP contribution < -0.4 is 11.1 Å². The molecule has 35 heavy (non-hydrogen) atoms. The highest BCUT2D eigenvalue weighted by molar-refractivity contribution is 5.92. The number of rotatable bonds is 8. The monoisotopic (exact) mass is 476 g/mol. The van der Waals surface area contributed by atoms with Gasteiger partial charge in [0.05, 0.1) is 11.8 Å². The van der Waals surface area contributed by atoms with Gasteiger partial charge in [-0.05, 0) is 23.6 Å². The standard InChI is InChI=1S/C25H28N6O4/c1-16-13-30(29-28-16)15-23(33)31-14-20(32)12-22(31)25(35)27-21(24(26)34)11-17-7-9-19(10-8-17)18-5-3-2-4-6-18/h2-10,13,20-22,32H,11-12,14-15H2,1H3,(H2,26,34)(H,27,35)/t20-,21-,22+/m1/s1. The molecule has 0 radical (unpaired) electrons. The normalized spacial score (nSPS) is 18.3. The second kappa shape index (κ2) is 10.5. The number of carbonyl (C=O) groups excluding carboxylic acids is 3. The van der Waals surface area contributed by atoms with Crippen LogP contribution in [0.3, 0.4) is 0 Å². The molecule has 1 fully saturated rings. The molecule has 1 saturated heterocycles. The highest BCUT2D eigenvalue weighted by Crippen LogP contribution is 2.21. The fourth-order valence-corrected chi connectivity index (χ4v) is 4.23. The second-order valence-corrected chi connectivity index (χ2v) is 8.74. The fourth-order valence-electron chi connectivity index (χ4n) is 4.23. The Hall–Kier alpha value is -4.05. The van der Waals surface area contributed by atoms with Crippen molar-refractivity contribution in [3.8, 4) is 11.1 Å². The van der Waals surface area contributed by atoms with Gasteiger partial charge in [-0.2, -0.15) is 0 Å². The first-order valence-corrected chi connectivity index (χ1v) is 11.4. The first kappa shape index (κ1) is 24.1. The highest BCUT2D eigenvalue weighted by Gasteiger charge is 2.40. The van der Waals surface area contributed by atoms with Gasteiger partial charge in [0.25, 0.3) is 0 Å². The van der Waals surface area contributed by atoms with Gasteiger partial charge in [-0.15, -0.1) is 5.10 Å². The maximum Gasteiger partial charge on any atom is 0.245 e. The number of nitrogens with zero attached hydrogens (tertiary/aromatic N) is 4. The van der Waals surface area contributed by atoms with E-state index in [-0.39, 0.29) is 31.8 Å². The summed E-state index contributed by atoms with van der Waals surface area (Å²) >= 11 is 0. The number of aliphatic hydroxyl groups excluding tert-OH is 1. The lowest BCUT2D eigenvalue weighted by atomic mass is 10.00. The molecule has 0 spiro atoms. The maximum absolute atomic E-state index is 13.0. The quantitative estimate of drug-likeness (QED) is 0.430. The Morgan fingerprint density at radius 3 is 2.43 bits per heavy atom. The van der Waals surface area contributed by atoms with E-state index < -0.39 is 30.0 Å². The van der Waals surface area contributed by atoms with Crippen LogP contribution >= 0.6 is 0 Å². The molecule has 0 bridgehead atoms. The van der Waals surface area contributed by atoms with Crippen LogP contribution in [0.15, 0.2) is 60.8 Å². The maximum atomic E-state index is 13.0. The summed E-state index contributed by atoms with van der Waals surface area (Å²) in [5, 5.41) is 20.5. The number of benzene rings is 2. The number of aromatic nitrogens is 3. The summed E-state index contributed by atoms with van der Waals surface area (Å²) in [7, 11) is 0. The van der Waals surface area contributed by atoms with Crippen LogP contribution in [-0.2, 0) is 27.3 Å². The number of aryl methyl sites for hydroxylation is 1. The van der Waals surface area contributed by atoms with Gasteiger partial charge < -0.3 is 21.1 Å². The van der Waals surface area contributed by atoms with Crippen molar-refractivity contribution in [2.45, 2.75) is 44.5 Å². The first-order valence-electron chi connectivity index (χ1n) is 11.4. The number of β-amino-alcohol motifs (C(OH)–C–C–N with tert-alkyl or cyclic N) is 1. The van der Waals surface area contributed by atoms with Gasteiger partial charge in [0.2, 0.25) is 17.7 Å². The highest BCUT2D eigenvalue weighted by atomic mass is 16.3. The Morgan fingerprint density at radius 1 is 1.11 bits per heavy atom. The molecule has 10 heteroatoms. The van der Waals surface area contributed by atoms with E-state index in [9.17, 15) is 19.5 Å². The molecular weight excluding hydrogens is 448 g/mol. The molecule has 3 atom stereocenters. The Bertz CT molecular complexity index is 1190. The molecule has 1 aromatic heterocycles. The molecule has 3 amide bonds. The average Bonchev–Trinajstić information content (AvgIpc) is 3.44. The molecule has 1 aliphatic rings. The minimum atomic E-state index is -0.960. The van der Waals surface area contributed by atoms with E-state index in [0.29, 0.717) is 5.69 Å². The lowest BCUT2D eigenvalue weighted by molar-refractivity contribution is -0.139. The molecule has 2 aromatic carbocycles. The average molecular weight is 477 g/mol. The third-order valence-corrected chi connectivity index (χ3v) is 6.01. The van der Waals surface area contributed by atoms with Gasteiger partial charge >= 0.3 is 0 Å². The Kier molecular flexibility index (Phi) is 7.21. The van der Waals surface area contributed by atoms with Gasteiger partial charge in [-0.25, -0.2) is 4.68 Å². The third-order valence-electron chi connectivity index (χ3n) is 6.01. The SMILES string of the molecule is Cc1cn(CC(=O)N2C[C@H](O)C[C@H]2C(=O)N[C@H](Cc2ccc(-c3ccccc3)cc2)C(N)=O)nn1. The summed E-state index contributed by atoms with van der Waals surface area (Å²) in [6.07, 6.45) is 1.05. The summed E-state index contributed by atoms with van der Waals surface area (Å²) in [5.74, 6) is -1.59. The van der Waals surface area contributed by atoms with Crippen molar-refractivity contribution in [1.82, 2.24) is 25.2 Å². The van der Waals surface area contributed by atoms with Crippen molar-refractivity contribution in [3.63, 3.8) is 0 Å². The second-order valence-electron chi connectivity index (χ2n) is 8.74. The minimum absolute atomic E-state index is 0.0206. The number of amides is 3. The zero-order valence-electron chi connectivity index (χ0n) is 19.4. The van der Waals surface area contributed by atoms with Crippen LogP contribution in [0, 0.1) is 6.92 Å². The lowest BCUT2D eigenvalue weighted by Gasteiger charge is -2.25. The van der Waals surface area contributed by atoms with Crippen LogP contribution in [0.2, 0.25) is 0 Å². The van der Waals surface area contributed by atoms with E-state index in [1.54, 1.807) is 13.1 Å². The number of nitrogens with one attached hydrogen (secondary N) is 1. The Labute approximate surface area is 202 Å². The third kappa shape index (κ3) is 5.90. The van der Waals surface area contributed by atoms with Gasteiger partial charge in [-0.3, -0.25) is 14.4 Å². The molecule has 0 aliphatic carbocycles. The topological polar surface area (TPSA) is 143 Å². The van der Waals surface area contributed by atoms with E-state index in [0.717, 1.165) is 16.7 Å². The Balaban J connectivity index is 1.41. The summed E-state index contributed by atoms with van der Waals surface area (Å²) in [6, 6.07) is 15.7. The molecule has 1 aliphatic heterocycles. The number of likely N-dealkylation sites (tertiary alicyclic amines) is 1. The van der Waals surface area contributed by atoms with Crippen molar-refractivity contribution >= 4 is 17.7 Å². The molecule has 2 heterocycles. The minimum Gasteiger partial charge on any atom is -0.391 e.